The van der Waals surface area contributed by atoms with Gasteiger partial charge >= 0.3 is 0 Å². The highest BCUT2D eigenvalue weighted by Gasteiger charge is 2.21. The van der Waals surface area contributed by atoms with Crippen LogP contribution in [0.4, 0.5) is 0 Å². The topological polar surface area (TPSA) is 68.2 Å². The van der Waals surface area contributed by atoms with E-state index in [-0.39, 0.29) is 0 Å². The molecule has 4 aromatic rings. The van der Waals surface area contributed by atoms with Crippen molar-refractivity contribution in [2.24, 2.45) is 0 Å². The van der Waals surface area contributed by atoms with E-state index in [4.69, 9.17) is 21.8 Å². The second kappa shape index (κ2) is 9.78. The van der Waals surface area contributed by atoms with Gasteiger partial charge < -0.3 is 4.52 Å². The average Bonchev–Trinajstić information content (AvgIpc) is 3.39. The molecule has 0 bridgehead atoms. The summed E-state index contributed by atoms with van der Waals surface area (Å²) in [5.74, 6) is 1.76. The van der Waals surface area contributed by atoms with E-state index in [1.54, 1.807) is 6.20 Å². The SMILES string of the molecule is Cc1cc(CN2CCN(Cn3nc(-c4cccnc4)n(Cc4ccccc4)c3=S)CC2)on1. The van der Waals surface area contributed by atoms with Crippen LogP contribution in [0.3, 0.4) is 0 Å². The van der Waals surface area contributed by atoms with E-state index >= 15 is 0 Å². The van der Waals surface area contributed by atoms with Crippen LogP contribution in [-0.2, 0) is 19.8 Å². The Labute approximate surface area is 198 Å². The van der Waals surface area contributed by atoms with E-state index in [0.29, 0.717) is 13.2 Å². The molecule has 0 amide bonds. The van der Waals surface area contributed by atoms with E-state index in [1.807, 2.05) is 54.2 Å². The molecule has 0 spiro atoms. The Bertz CT molecular complexity index is 1240. The number of benzene rings is 1. The summed E-state index contributed by atoms with van der Waals surface area (Å²) in [4.78, 5) is 9.07. The van der Waals surface area contributed by atoms with Crippen molar-refractivity contribution in [1.29, 1.82) is 0 Å². The molecule has 0 aliphatic carbocycles. The molecular weight excluding hydrogens is 434 g/mol. The van der Waals surface area contributed by atoms with Gasteiger partial charge in [-0.15, -0.1) is 0 Å². The number of hydrogen-bond donors (Lipinski definition) is 0. The molecule has 0 unspecified atom stereocenters. The van der Waals surface area contributed by atoms with Gasteiger partial charge in [-0.1, -0.05) is 35.5 Å². The van der Waals surface area contributed by atoms with Gasteiger partial charge in [-0.3, -0.25) is 19.4 Å². The third kappa shape index (κ3) is 5.11. The summed E-state index contributed by atoms with van der Waals surface area (Å²) in [5.41, 5.74) is 3.08. The summed E-state index contributed by atoms with van der Waals surface area (Å²) in [6.07, 6.45) is 3.61. The minimum atomic E-state index is 0.670. The maximum Gasteiger partial charge on any atom is 0.199 e. The quantitative estimate of drug-likeness (QED) is 0.390. The zero-order chi connectivity index (χ0) is 22.6. The number of pyridine rings is 1. The summed E-state index contributed by atoms with van der Waals surface area (Å²) >= 11 is 5.88. The van der Waals surface area contributed by atoms with Crippen LogP contribution in [0.1, 0.15) is 17.0 Å². The Kier molecular flexibility index (Phi) is 6.43. The first-order chi connectivity index (χ1) is 16.2. The molecule has 0 N–H and O–H groups in total. The molecule has 9 heteroatoms. The van der Waals surface area contributed by atoms with Gasteiger partial charge in [0.15, 0.2) is 16.4 Å². The van der Waals surface area contributed by atoms with Crippen molar-refractivity contribution >= 4 is 12.2 Å². The molecule has 0 radical (unpaired) electrons. The predicted octanol–water partition coefficient (Wildman–Crippen LogP) is 3.60. The van der Waals surface area contributed by atoms with Crippen LogP contribution < -0.4 is 0 Å². The molecule has 170 valence electrons. The number of piperazine rings is 1. The van der Waals surface area contributed by atoms with Crippen molar-refractivity contribution in [3.05, 3.63) is 82.7 Å². The van der Waals surface area contributed by atoms with Gasteiger partial charge in [0.2, 0.25) is 0 Å². The first-order valence-electron chi connectivity index (χ1n) is 11.1. The second-order valence-electron chi connectivity index (χ2n) is 8.39. The van der Waals surface area contributed by atoms with E-state index in [1.165, 1.54) is 5.56 Å². The van der Waals surface area contributed by atoms with Crippen molar-refractivity contribution in [2.75, 3.05) is 26.2 Å². The number of hydrogen-bond acceptors (Lipinski definition) is 7. The molecule has 1 aliphatic rings. The minimum Gasteiger partial charge on any atom is -0.360 e. The van der Waals surface area contributed by atoms with Crippen LogP contribution in [0, 0.1) is 11.7 Å². The van der Waals surface area contributed by atoms with Gasteiger partial charge in [0.1, 0.15) is 0 Å². The zero-order valence-corrected chi connectivity index (χ0v) is 19.5. The van der Waals surface area contributed by atoms with E-state index < -0.39 is 0 Å². The molecule has 1 aromatic carbocycles. The molecule has 3 aromatic heterocycles. The summed E-state index contributed by atoms with van der Waals surface area (Å²) in [6.45, 7) is 7.92. The lowest BCUT2D eigenvalue weighted by molar-refractivity contribution is 0.0920. The van der Waals surface area contributed by atoms with Crippen LogP contribution in [-0.4, -0.2) is 60.5 Å². The monoisotopic (exact) mass is 461 g/mol. The summed E-state index contributed by atoms with van der Waals surface area (Å²) in [7, 11) is 0. The highest BCUT2D eigenvalue weighted by atomic mass is 32.1. The standard InChI is InChI=1S/C24H27N7OS/c1-19-14-22(32-27-19)17-28-10-12-29(13-11-28)18-31-24(33)30(16-20-6-3-2-4-7-20)23(26-31)21-8-5-9-25-15-21/h2-9,14-15H,10-13,16-18H2,1H3. The lowest BCUT2D eigenvalue weighted by Crippen LogP contribution is -2.46. The minimum absolute atomic E-state index is 0.670. The lowest BCUT2D eigenvalue weighted by atomic mass is 10.2. The molecular formula is C24H27N7OS. The number of aromatic nitrogens is 5. The smallest absolute Gasteiger partial charge is 0.199 e. The molecule has 5 rings (SSSR count). The highest BCUT2D eigenvalue weighted by Crippen LogP contribution is 2.19. The number of nitrogens with zero attached hydrogens (tertiary/aromatic N) is 7. The molecule has 4 heterocycles. The second-order valence-corrected chi connectivity index (χ2v) is 8.75. The van der Waals surface area contributed by atoms with Crippen LogP contribution in [0.25, 0.3) is 11.4 Å². The fraction of sp³-hybridized carbons (Fsp3) is 0.333. The van der Waals surface area contributed by atoms with Crippen molar-refractivity contribution < 1.29 is 4.52 Å². The Balaban J connectivity index is 1.32. The third-order valence-electron chi connectivity index (χ3n) is 5.88. The molecule has 0 saturated carbocycles. The summed E-state index contributed by atoms with van der Waals surface area (Å²) in [6, 6.07) is 16.3. The van der Waals surface area contributed by atoms with Crippen molar-refractivity contribution in [3.8, 4) is 11.4 Å². The Morgan fingerprint density at radius 1 is 0.970 bits per heavy atom. The first kappa shape index (κ1) is 21.7. The molecule has 33 heavy (non-hydrogen) atoms. The Morgan fingerprint density at radius 2 is 1.76 bits per heavy atom. The van der Waals surface area contributed by atoms with E-state index in [0.717, 1.165) is 60.3 Å². The van der Waals surface area contributed by atoms with Crippen molar-refractivity contribution in [1.82, 2.24) is 34.3 Å². The fourth-order valence-electron chi connectivity index (χ4n) is 4.14. The highest BCUT2D eigenvalue weighted by molar-refractivity contribution is 7.71. The molecule has 1 aliphatic heterocycles. The van der Waals surface area contributed by atoms with Crippen LogP contribution in [0.15, 0.2) is 65.4 Å². The largest absolute Gasteiger partial charge is 0.360 e. The van der Waals surface area contributed by atoms with Crippen LogP contribution >= 0.6 is 12.2 Å². The molecule has 0 atom stereocenters. The molecule has 8 nitrogen and oxygen atoms in total. The predicted molar refractivity (Wildman–Crippen MR) is 128 cm³/mol. The summed E-state index contributed by atoms with van der Waals surface area (Å²) in [5, 5.41) is 8.90. The number of rotatable bonds is 7. The normalized spacial score (nSPS) is 15.2. The Morgan fingerprint density at radius 3 is 2.45 bits per heavy atom. The zero-order valence-electron chi connectivity index (χ0n) is 18.7. The summed E-state index contributed by atoms with van der Waals surface area (Å²) < 4.78 is 10.1. The third-order valence-corrected chi connectivity index (χ3v) is 6.31. The lowest BCUT2D eigenvalue weighted by Gasteiger charge is -2.33. The molecule has 1 fully saturated rings. The maximum atomic E-state index is 5.88. The fourth-order valence-corrected chi connectivity index (χ4v) is 4.39. The average molecular weight is 462 g/mol. The number of aryl methyl sites for hydroxylation is 1. The Hall–Kier alpha value is -3.14. The van der Waals surface area contributed by atoms with Gasteiger partial charge in [0, 0.05) is 50.2 Å². The van der Waals surface area contributed by atoms with E-state index in [9.17, 15) is 0 Å². The van der Waals surface area contributed by atoms with Gasteiger partial charge in [-0.2, -0.15) is 5.10 Å². The van der Waals surface area contributed by atoms with Gasteiger partial charge in [0.05, 0.1) is 25.5 Å². The maximum absolute atomic E-state index is 5.88. The molecule has 1 saturated heterocycles. The van der Waals surface area contributed by atoms with Crippen LogP contribution in [0.5, 0.6) is 0 Å². The van der Waals surface area contributed by atoms with Crippen molar-refractivity contribution in [2.45, 2.75) is 26.7 Å². The van der Waals surface area contributed by atoms with Crippen molar-refractivity contribution in [3.63, 3.8) is 0 Å². The first-order valence-corrected chi connectivity index (χ1v) is 11.6. The van der Waals surface area contributed by atoms with Gasteiger partial charge in [-0.25, -0.2) is 4.68 Å². The van der Waals surface area contributed by atoms with Gasteiger partial charge in [-0.05, 0) is 36.8 Å². The van der Waals surface area contributed by atoms with E-state index in [2.05, 4.69) is 36.6 Å². The van der Waals surface area contributed by atoms with Crippen LogP contribution in [0.2, 0.25) is 0 Å². The van der Waals surface area contributed by atoms with Gasteiger partial charge in [0.25, 0.3) is 0 Å².